The molecule has 1 aliphatic rings. The quantitative estimate of drug-likeness (QED) is 0.858. The van der Waals surface area contributed by atoms with E-state index in [1.165, 1.54) is 0 Å². The van der Waals surface area contributed by atoms with Crippen LogP contribution in [0.15, 0.2) is 54.1 Å². The van der Waals surface area contributed by atoms with Crippen LogP contribution in [0.25, 0.3) is 0 Å². The van der Waals surface area contributed by atoms with Crippen LogP contribution in [0.5, 0.6) is 0 Å². The van der Waals surface area contributed by atoms with E-state index in [2.05, 4.69) is 0 Å². The average molecular weight is 244 g/mol. The second kappa shape index (κ2) is 4.10. The van der Waals surface area contributed by atoms with E-state index in [9.17, 15) is 15.0 Å². The zero-order valence-electron chi connectivity index (χ0n) is 10.4. The van der Waals surface area contributed by atoms with Gasteiger partial charge in [-0.25, -0.2) is 4.79 Å². The summed E-state index contributed by atoms with van der Waals surface area (Å²) in [5, 5.41) is 20.0. The normalized spacial score (nSPS) is 20.3. The van der Waals surface area contributed by atoms with E-state index in [-0.39, 0.29) is 5.41 Å². The smallest absolute Gasteiger partial charge is 0.345 e. The number of hydrogen-bond acceptors (Lipinski definition) is 2. The van der Waals surface area contributed by atoms with Crippen molar-refractivity contribution in [1.29, 1.82) is 0 Å². The van der Waals surface area contributed by atoms with Crippen LogP contribution in [-0.2, 0) is 10.4 Å². The van der Waals surface area contributed by atoms with Gasteiger partial charge in [-0.05, 0) is 11.1 Å². The maximum Gasteiger partial charge on any atom is 0.345 e. The number of carbonyl (C=O) groups is 1. The second-order valence-corrected chi connectivity index (χ2v) is 5.14. The van der Waals surface area contributed by atoms with Crippen LogP contribution >= 0.6 is 0 Å². The standard InChI is InChI=1S/C15H16O3/c1-14(2)9-8-12(10-14)15(18,13(16)17)11-6-4-3-5-7-11/h3-10,18H,1-2H3,(H,16,17). The number of rotatable bonds is 3. The molecule has 1 aromatic rings. The zero-order chi connectivity index (χ0) is 13.4. The van der Waals surface area contributed by atoms with Crippen LogP contribution in [-0.4, -0.2) is 16.2 Å². The van der Waals surface area contributed by atoms with Crippen molar-refractivity contribution in [3.8, 4) is 0 Å². The van der Waals surface area contributed by atoms with Gasteiger partial charge >= 0.3 is 5.97 Å². The molecule has 1 aliphatic carbocycles. The van der Waals surface area contributed by atoms with E-state index < -0.39 is 11.6 Å². The Hall–Kier alpha value is -1.87. The highest BCUT2D eigenvalue weighted by Crippen LogP contribution is 2.38. The van der Waals surface area contributed by atoms with Crippen molar-refractivity contribution in [2.45, 2.75) is 19.4 Å². The molecule has 3 heteroatoms. The van der Waals surface area contributed by atoms with Gasteiger partial charge in [0.2, 0.25) is 5.60 Å². The molecule has 1 aromatic carbocycles. The molecule has 0 fully saturated rings. The van der Waals surface area contributed by atoms with Crippen LogP contribution in [0.3, 0.4) is 0 Å². The van der Waals surface area contributed by atoms with Crippen molar-refractivity contribution in [2.24, 2.45) is 5.41 Å². The molecular formula is C15H16O3. The Balaban J connectivity index is 2.55. The Morgan fingerprint density at radius 2 is 1.83 bits per heavy atom. The highest BCUT2D eigenvalue weighted by atomic mass is 16.4. The van der Waals surface area contributed by atoms with Crippen LogP contribution in [0.1, 0.15) is 19.4 Å². The minimum Gasteiger partial charge on any atom is -0.479 e. The van der Waals surface area contributed by atoms with Gasteiger partial charge in [-0.2, -0.15) is 0 Å². The first-order valence-electron chi connectivity index (χ1n) is 5.80. The van der Waals surface area contributed by atoms with Gasteiger partial charge in [-0.1, -0.05) is 62.4 Å². The van der Waals surface area contributed by atoms with Crippen molar-refractivity contribution >= 4 is 5.97 Å². The molecule has 3 nitrogen and oxygen atoms in total. The van der Waals surface area contributed by atoms with E-state index in [1.54, 1.807) is 42.5 Å². The van der Waals surface area contributed by atoms with E-state index in [0.717, 1.165) is 0 Å². The molecule has 2 rings (SSSR count). The average Bonchev–Trinajstić information content (AvgIpc) is 2.70. The topological polar surface area (TPSA) is 57.5 Å². The van der Waals surface area contributed by atoms with Crippen molar-refractivity contribution in [3.63, 3.8) is 0 Å². The lowest BCUT2D eigenvalue weighted by atomic mass is 9.85. The molecule has 0 heterocycles. The summed E-state index contributed by atoms with van der Waals surface area (Å²) in [7, 11) is 0. The molecule has 0 spiro atoms. The van der Waals surface area contributed by atoms with Gasteiger partial charge < -0.3 is 10.2 Å². The van der Waals surface area contributed by atoms with Gasteiger partial charge in [0.25, 0.3) is 0 Å². The third kappa shape index (κ3) is 1.97. The van der Waals surface area contributed by atoms with Gasteiger partial charge in [0, 0.05) is 5.41 Å². The minimum atomic E-state index is -1.98. The van der Waals surface area contributed by atoms with Gasteiger partial charge in [-0.3, -0.25) is 0 Å². The van der Waals surface area contributed by atoms with Crippen molar-refractivity contribution in [2.75, 3.05) is 0 Å². The first kappa shape index (κ1) is 12.6. The highest BCUT2D eigenvalue weighted by Gasteiger charge is 2.43. The second-order valence-electron chi connectivity index (χ2n) is 5.14. The summed E-state index contributed by atoms with van der Waals surface area (Å²) in [6.45, 7) is 3.92. The lowest BCUT2D eigenvalue weighted by Crippen LogP contribution is -2.37. The van der Waals surface area contributed by atoms with Crippen LogP contribution < -0.4 is 0 Å². The van der Waals surface area contributed by atoms with Gasteiger partial charge in [-0.15, -0.1) is 0 Å². The van der Waals surface area contributed by atoms with E-state index >= 15 is 0 Å². The Bertz CT molecular complexity index is 526. The molecule has 1 atom stereocenters. The first-order chi connectivity index (χ1) is 8.36. The Kier molecular flexibility index (Phi) is 2.87. The SMILES string of the molecule is CC1(C)C=CC(C(O)(C(=O)O)c2ccccc2)=C1. The fourth-order valence-corrected chi connectivity index (χ4v) is 2.12. The lowest BCUT2D eigenvalue weighted by molar-refractivity contribution is -0.155. The van der Waals surface area contributed by atoms with Crippen LogP contribution in [0.4, 0.5) is 0 Å². The molecule has 0 amide bonds. The maximum absolute atomic E-state index is 11.5. The molecule has 0 aliphatic heterocycles. The number of carboxylic acid groups (broad SMARTS) is 1. The Morgan fingerprint density at radius 1 is 1.22 bits per heavy atom. The first-order valence-corrected chi connectivity index (χ1v) is 5.80. The molecule has 2 N–H and O–H groups in total. The van der Waals surface area contributed by atoms with Gasteiger partial charge in [0.1, 0.15) is 0 Å². The van der Waals surface area contributed by atoms with Crippen LogP contribution in [0.2, 0.25) is 0 Å². The third-order valence-corrected chi connectivity index (χ3v) is 3.14. The maximum atomic E-state index is 11.5. The Morgan fingerprint density at radius 3 is 2.28 bits per heavy atom. The molecule has 0 aromatic heterocycles. The predicted octanol–water partition coefficient (Wildman–Crippen LogP) is 2.48. The summed E-state index contributed by atoms with van der Waals surface area (Å²) in [6.07, 6.45) is 5.36. The molecule has 1 unspecified atom stereocenters. The molecular weight excluding hydrogens is 228 g/mol. The van der Waals surface area contributed by atoms with Gasteiger partial charge in [0.15, 0.2) is 0 Å². The number of benzene rings is 1. The fourth-order valence-electron chi connectivity index (χ4n) is 2.12. The predicted molar refractivity (Wildman–Crippen MR) is 69.0 cm³/mol. The zero-order valence-corrected chi connectivity index (χ0v) is 10.4. The summed E-state index contributed by atoms with van der Waals surface area (Å²) in [4.78, 5) is 11.5. The molecule has 0 radical (unpaired) electrons. The van der Waals surface area contributed by atoms with E-state index in [0.29, 0.717) is 11.1 Å². The number of aliphatic carboxylic acids is 1. The minimum absolute atomic E-state index is 0.229. The molecule has 0 saturated heterocycles. The van der Waals surface area contributed by atoms with E-state index in [4.69, 9.17) is 0 Å². The summed E-state index contributed by atoms with van der Waals surface area (Å²) < 4.78 is 0. The summed E-state index contributed by atoms with van der Waals surface area (Å²) >= 11 is 0. The van der Waals surface area contributed by atoms with Crippen molar-refractivity contribution in [1.82, 2.24) is 0 Å². The summed E-state index contributed by atoms with van der Waals surface area (Å²) in [5.41, 5.74) is -1.43. The monoisotopic (exact) mass is 244 g/mol. The molecule has 18 heavy (non-hydrogen) atoms. The summed E-state index contributed by atoms with van der Waals surface area (Å²) in [5.74, 6) is -1.26. The molecule has 0 saturated carbocycles. The number of allylic oxidation sites excluding steroid dienone is 2. The highest BCUT2D eigenvalue weighted by molar-refractivity contribution is 5.84. The third-order valence-electron chi connectivity index (χ3n) is 3.14. The van der Waals surface area contributed by atoms with Gasteiger partial charge in [0.05, 0.1) is 0 Å². The lowest BCUT2D eigenvalue weighted by Gasteiger charge is -2.25. The molecule has 94 valence electrons. The van der Waals surface area contributed by atoms with Crippen LogP contribution in [0, 0.1) is 5.41 Å². The molecule has 0 bridgehead atoms. The van der Waals surface area contributed by atoms with E-state index in [1.807, 2.05) is 19.9 Å². The number of aliphatic hydroxyl groups is 1. The fraction of sp³-hybridized carbons (Fsp3) is 0.267. The largest absolute Gasteiger partial charge is 0.479 e. The summed E-state index contributed by atoms with van der Waals surface area (Å²) in [6, 6.07) is 8.46. The van der Waals surface area contributed by atoms with Crippen molar-refractivity contribution < 1.29 is 15.0 Å². The number of carboxylic acids is 1. The number of hydrogen-bond donors (Lipinski definition) is 2. The van der Waals surface area contributed by atoms with Crippen molar-refractivity contribution in [3.05, 3.63) is 59.7 Å². The Labute approximate surface area is 106 Å².